The highest BCUT2D eigenvalue weighted by Crippen LogP contribution is 2.60. The third-order valence-electron chi connectivity index (χ3n) is 4.82. The zero-order valence-corrected chi connectivity index (χ0v) is 15.6. The highest BCUT2D eigenvalue weighted by molar-refractivity contribution is 14.0. The Morgan fingerprint density at radius 3 is 2.68 bits per heavy atom. The third-order valence-corrected chi connectivity index (χ3v) is 4.82. The molecule has 0 radical (unpaired) electrons. The van der Waals surface area contributed by atoms with E-state index >= 15 is 0 Å². The number of halogens is 2. The molecule has 0 aromatic heterocycles. The van der Waals surface area contributed by atoms with Crippen molar-refractivity contribution in [1.82, 2.24) is 10.2 Å². The molecule has 0 unspecified atom stereocenters. The summed E-state index contributed by atoms with van der Waals surface area (Å²) < 4.78 is 13.2. The molecule has 0 aliphatic heterocycles. The number of guanidine groups is 1. The van der Waals surface area contributed by atoms with Gasteiger partial charge in [0.15, 0.2) is 5.96 Å². The van der Waals surface area contributed by atoms with Crippen LogP contribution in [-0.2, 0) is 6.54 Å². The molecule has 0 saturated heterocycles. The highest BCUT2D eigenvalue weighted by atomic mass is 127. The average Bonchev–Trinajstić information content (AvgIpc) is 3.33. The van der Waals surface area contributed by atoms with Crippen molar-refractivity contribution in [3.63, 3.8) is 0 Å². The number of aliphatic imine (C=N–C) groups is 1. The van der Waals surface area contributed by atoms with E-state index in [1.165, 1.54) is 31.7 Å². The maximum Gasteiger partial charge on any atom is 0.193 e. The lowest BCUT2D eigenvalue weighted by Gasteiger charge is -2.24. The molecule has 22 heavy (non-hydrogen) atoms. The van der Waals surface area contributed by atoms with E-state index in [0.717, 1.165) is 24.0 Å². The van der Waals surface area contributed by atoms with Crippen LogP contribution in [0.5, 0.6) is 0 Å². The lowest BCUT2D eigenvalue weighted by atomic mass is 10.0. The summed E-state index contributed by atoms with van der Waals surface area (Å²) in [5.41, 5.74) is 1.51. The molecule has 0 spiro atoms. The topological polar surface area (TPSA) is 27.6 Å². The minimum absolute atomic E-state index is 0. The maximum atomic E-state index is 13.2. The summed E-state index contributed by atoms with van der Waals surface area (Å²) in [5, 5.41) is 3.51. The normalized spacial score (nSPS) is 19.3. The Balaban J connectivity index is 0.00000176. The highest BCUT2D eigenvalue weighted by Gasteiger charge is 2.53. The molecular formula is C17H25FIN3. The smallest absolute Gasteiger partial charge is 0.193 e. The van der Waals surface area contributed by atoms with E-state index in [-0.39, 0.29) is 29.8 Å². The van der Waals surface area contributed by atoms with E-state index in [9.17, 15) is 4.39 Å². The van der Waals surface area contributed by atoms with Crippen molar-refractivity contribution in [3.8, 4) is 0 Å². The fourth-order valence-electron chi connectivity index (χ4n) is 3.21. The lowest BCUT2D eigenvalue weighted by molar-refractivity contribution is 0.409. The summed E-state index contributed by atoms with van der Waals surface area (Å²) in [4.78, 5) is 6.41. The van der Waals surface area contributed by atoms with E-state index in [1.54, 1.807) is 19.2 Å². The Bertz CT molecular complexity index is 538. The van der Waals surface area contributed by atoms with Crippen LogP contribution in [0.1, 0.15) is 31.2 Å². The van der Waals surface area contributed by atoms with E-state index < -0.39 is 0 Å². The van der Waals surface area contributed by atoms with Crippen molar-refractivity contribution >= 4 is 29.9 Å². The summed E-state index contributed by atoms with van der Waals surface area (Å²) in [5.74, 6) is 1.65. The van der Waals surface area contributed by atoms with Gasteiger partial charge in [-0.2, -0.15) is 0 Å². The number of nitrogens with one attached hydrogen (secondary N) is 1. The largest absolute Gasteiger partial charge is 0.356 e. The third kappa shape index (κ3) is 4.12. The van der Waals surface area contributed by atoms with Gasteiger partial charge in [0.2, 0.25) is 0 Å². The molecule has 0 amide bonds. The van der Waals surface area contributed by atoms with Crippen molar-refractivity contribution in [2.45, 2.75) is 32.2 Å². The summed E-state index contributed by atoms with van der Waals surface area (Å²) in [6, 6.07) is 6.75. The average molecular weight is 417 g/mol. The molecule has 1 N–H and O–H groups in total. The number of hydrogen-bond acceptors (Lipinski definition) is 1. The maximum absolute atomic E-state index is 13.2. The van der Waals surface area contributed by atoms with E-state index in [0.29, 0.717) is 12.0 Å². The van der Waals surface area contributed by atoms with Crippen LogP contribution in [0.2, 0.25) is 0 Å². The van der Waals surface area contributed by atoms with Gasteiger partial charge in [-0.1, -0.05) is 12.1 Å². The van der Waals surface area contributed by atoms with Crippen LogP contribution in [0.4, 0.5) is 4.39 Å². The molecule has 2 aliphatic rings. The van der Waals surface area contributed by atoms with Gasteiger partial charge in [0.05, 0.1) is 0 Å². The summed E-state index contributed by atoms with van der Waals surface area (Å²) in [6.07, 6.45) is 5.52. The monoisotopic (exact) mass is 417 g/mol. The quantitative estimate of drug-likeness (QED) is 0.450. The minimum Gasteiger partial charge on any atom is -0.356 e. The van der Waals surface area contributed by atoms with Crippen molar-refractivity contribution in [1.29, 1.82) is 0 Å². The van der Waals surface area contributed by atoms with Crippen LogP contribution in [0.3, 0.4) is 0 Å². The second-order valence-corrected chi connectivity index (χ2v) is 6.52. The molecule has 3 rings (SSSR count). The van der Waals surface area contributed by atoms with E-state index in [2.05, 4.69) is 15.2 Å². The lowest BCUT2D eigenvalue weighted by Crippen LogP contribution is -2.41. The number of benzene rings is 1. The zero-order chi connectivity index (χ0) is 14.9. The van der Waals surface area contributed by atoms with Gasteiger partial charge in [0, 0.05) is 27.2 Å². The Labute approximate surface area is 149 Å². The van der Waals surface area contributed by atoms with Gasteiger partial charge in [0.25, 0.3) is 0 Å². The standard InChI is InChI=1S/C17H24FN3.HI/c1-19-16(20-12-17(8-9-17)14-6-7-14)21(2)11-13-4-3-5-15(18)10-13;/h3-5,10,14H,6-9,11-12H2,1-2H3,(H,19,20);1H. The van der Waals surface area contributed by atoms with Crippen LogP contribution >= 0.6 is 24.0 Å². The van der Waals surface area contributed by atoms with Gasteiger partial charge in [-0.15, -0.1) is 24.0 Å². The van der Waals surface area contributed by atoms with Crippen LogP contribution in [0.25, 0.3) is 0 Å². The number of hydrogen-bond donors (Lipinski definition) is 1. The Morgan fingerprint density at radius 2 is 2.14 bits per heavy atom. The van der Waals surface area contributed by atoms with Crippen molar-refractivity contribution in [3.05, 3.63) is 35.6 Å². The van der Waals surface area contributed by atoms with Crippen LogP contribution in [0, 0.1) is 17.2 Å². The molecule has 2 saturated carbocycles. The molecule has 3 nitrogen and oxygen atoms in total. The van der Waals surface area contributed by atoms with Gasteiger partial charge < -0.3 is 10.2 Å². The Kier molecular flexibility index (Phi) is 5.69. The molecular weight excluding hydrogens is 392 g/mol. The first-order valence-electron chi connectivity index (χ1n) is 7.79. The second kappa shape index (κ2) is 7.15. The fourth-order valence-corrected chi connectivity index (χ4v) is 3.21. The number of nitrogens with zero attached hydrogens (tertiary/aromatic N) is 2. The van der Waals surface area contributed by atoms with Gasteiger partial charge in [-0.05, 0) is 54.7 Å². The Hall–Kier alpha value is -0.850. The fraction of sp³-hybridized carbons (Fsp3) is 0.588. The van der Waals surface area contributed by atoms with Crippen LogP contribution < -0.4 is 5.32 Å². The van der Waals surface area contributed by atoms with Crippen LogP contribution in [-0.4, -0.2) is 31.5 Å². The molecule has 2 fully saturated rings. The summed E-state index contributed by atoms with van der Waals surface area (Å²) >= 11 is 0. The molecule has 122 valence electrons. The SMILES string of the molecule is CN=C(NCC1(C2CC2)CC1)N(C)Cc1cccc(F)c1.I. The molecule has 1 aromatic carbocycles. The van der Waals surface area contributed by atoms with Gasteiger partial charge >= 0.3 is 0 Å². The molecule has 1 aromatic rings. The van der Waals surface area contributed by atoms with Gasteiger partial charge in [-0.3, -0.25) is 4.99 Å². The van der Waals surface area contributed by atoms with Crippen molar-refractivity contribution in [2.75, 3.05) is 20.6 Å². The zero-order valence-electron chi connectivity index (χ0n) is 13.3. The molecule has 5 heteroatoms. The predicted molar refractivity (Wildman–Crippen MR) is 99.0 cm³/mol. The van der Waals surface area contributed by atoms with Gasteiger partial charge in [-0.25, -0.2) is 4.39 Å². The van der Waals surface area contributed by atoms with Crippen molar-refractivity contribution < 1.29 is 4.39 Å². The minimum atomic E-state index is -0.186. The van der Waals surface area contributed by atoms with E-state index in [4.69, 9.17) is 0 Å². The molecule has 0 heterocycles. The first-order valence-corrected chi connectivity index (χ1v) is 7.79. The van der Waals surface area contributed by atoms with E-state index in [1.807, 2.05) is 13.1 Å². The first-order chi connectivity index (χ1) is 10.1. The second-order valence-electron chi connectivity index (χ2n) is 6.52. The van der Waals surface area contributed by atoms with Crippen LogP contribution in [0.15, 0.2) is 29.3 Å². The van der Waals surface area contributed by atoms with Crippen molar-refractivity contribution in [2.24, 2.45) is 16.3 Å². The predicted octanol–water partition coefficient (Wildman–Crippen LogP) is 3.64. The molecule has 2 aliphatic carbocycles. The molecule has 0 atom stereocenters. The summed E-state index contributed by atoms with van der Waals surface area (Å²) in [6.45, 7) is 1.69. The first kappa shape index (κ1) is 17.5. The number of rotatable bonds is 5. The summed E-state index contributed by atoms with van der Waals surface area (Å²) in [7, 11) is 3.80. The molecule has 0 bridgehead atoms. The Morgan fingerprint density at radius 1 is 1.41 bits per heavy atom. The van der Waals surface area contributed by atoms with Gasteiger partial charge in [0.1, 0.15) is 5.82 Å².